The molecule has 0 spiro atoms. The van der Waals surface area contributed by atoms with Gasteiger partial charge in [0, 0.05) is 72.1 Å². The summed E-state index contributed by atoms with van der Waals surface area (Å²) in [5.74, 6) is 1.60. The number of likely N-dealkylation sites (tertiary alicyclic amines) is 2. The lowest BCUT2D eigenvalue weighted by molar-refractivity contribution is -0.135. The van der Waals surface area contributed by atoms with Crippen molar-refractivity contribution in [3.05, 3.63) is 59.3 Å². The molecule has 4 rings (SSSR count). The molecular weight excluding hydrogens is 565 g/mol. The molecule has 43 heavy (non-hydrogen) atoms. The van der Waals surface area contributed by atoms with Crippen LogP contribution in [0.5, 0.6) is 0 Å². The molecule has 1 aromatic carbocycles. The van der Waals surface area contributed by atoms with Crippen molar-refractivity contribution in [1.29, 1.82) is 5.26 Å². The van der Waals surface area contributed by atoms with E-state index in [2.05, 4.69) is 34.8 Å². The van der Waals surface area contributed by atoms with Crippen molar-refractivity contribution in [2.45, 2.75) is 39.0 Å². The number of nitriles is 1. The molecular formula is C31H42FN9OS. The highest BCUT2D eigenvalue weighted by Crippen LogP contribution is 2.34. The Balaban J connectivity index is 1.55. The number of thiazole rings is 1. The molecule has 0 unspecified atom stereocenters. The maximum Gasteiger partial charge on any atom is 0.225 e. The summed E-state index contributed by atoms with van der Waals surface area (Å²) in [4.78, 5) is 29.0. The van der Waals surface area contributed by atoms with Crippen LogP contribution in [0.25, 0.3) is 11.3 Å². The number of hydrazine groups is 1. The van der Waals surface area contributed by atoms with Gasteiger partial charge in [0.1, 0.15) is 28.3 Å². The molecule has 3 heterocycles. The van der Waals surface area contributed by atoms with Gasteiger partial charge >= 0.3 is 0 Å². The summed E-state index contributed by atoms with van der Waals surface area (Å²) in [7, 11) is 7.72. The molecule has 2 aliphatic heterocycles. The number of nitrogens with one attached hydrogen (secondary N) is 1. The number of allylic oxidation sites excluding steroid dienone is 1. The number of amides is 1. The first-order chi connectivity index (χ1) is 20.7. The standard InChI is InChI=1S/C31H42FN9OS/c1-7-25(28(34-3)37(4)31-36-27(26(21-33)43-31)22-11-13-24(32)14-12-22)38(5)39(6)30(35-8-2)41-19-15-23(16-20-41)29(42)40-17-9-10-18-40/h8,11-14,23,34H,2,7,9-10,15-20H2,1,3-6H3/b28-25+,35-30?. The zero-order chi connectivity index (χ0) is 31.1. The second-order valence-corrected chi connectivity index (χ2v) is 11.7. The van der Waals surface area contributed by atoms with Crippen molar-refractivity contribution in [3.8, 4) is 17.3 Å². The molecule has 2 aliphatic rings. The smallest absolute Gasteiger partial charge is 0.225 e. The van der Waals surface area contributed by atoms with E-state index in [9.17, 15) is 14.4 Å². The van der Waals surface area contributed by atoms with Gasteiger partial charge in [0.25, 0.3) is 0 Å². The number of anilines is 1. The fourth-order valence-corrected chi connectivity index (χ4v) is 6.62. The van der Waals surface area contributed by atoms with Gasteiger partial charge in [-0.3, -0.25) is 14.8 Å². The van der Waals surface area contributed by atoms with Gasteiger partial charge in [-0.1, -0.05) is 24.8 Å². The predicted octanol–water partition coefficient (Wildman–Crippen LogP) is 4.67. The van der Waals surface area contributed by atoms with Gasteiger partial charge in [0.2, 0.25) is 11.9 Å². The summed E-state index contributed by atoms with van der Waals surface area (Å²) in [5.41, 5.74) is 2.19. The van der Waals surface area contributed by atoms with Crippen molar-refractivity contribution < 1.29 is 9.18 Å². The number of piperidine rings is 1. The Morgan fingerprint density at radius 2 is 1.81 bits per heavy atom. The second-order valence-electron chi connectivity index (χ2n) is 10.7. The number of benzene rings is 1. The highest BCUT2D eigenvalue weighted by Gasteiger charge is 2.32. The molecule has 0 atom stereocenters. The lowest BCUT2D eigenvalue weighted by Gasteiger charge is -2.42. The third kappa shape index (κ3) is 6.94. The van der Waals surface area contributed by atoms with Gasteiger partial charge < -0.3 is 20.0 Å². The number of hydrogen-bond donors (Lipinski definition) is 1. The third-order valence-electron chi connectivity index (χ3n) is 8.18. The van der Waals surface area contributed by atoms with Crippen LogP contribution in [0.4, 0.5) is 9.52 Å². The van der Waals surface area contributed by atoms with Crippen molar-refractivity contribution in [1.82, 2.24) is 30.1 Å². The number of carbonyl (C=O) groups is 1. The Labute approximate surface area is 258 Å². The average Bonchev–Trinajstić information content (AvgIpc) is 3.73. The SMILES string of the molecule is C=CN=C(N1CCC(C(=O)N2CCCC2)CC1)N(C)N(C)/C(CC)=C(\NC)N(C)c1nc(-c2ccc(F)cc2)c(C#N)s1. The van der Waals surface area contributed by atoms with E-state index < -0.39 is 0 Å². The second kappa shape index (κ2) is 14.4. The molecule has 230 valence electrons. The van der Waals surface area contributed by atoms with E-state index in [1.54, 1.807) is 18.3 Å². The minimum Gasteiger partial charge on any atom is -0.373 e. The zero-order valence-corrected chi connectivity index (χ0v) is 26.6. The Hall–Kier alpha value is -4.11. The molecule has 10 nitrogen and oxygen atoms in total. The van der Waals surface area contributed by atoms with E-state index in [-0.39, 0.29) is 11.7 Å². The molecule has 0 radical (unpaired) electrons. The van der Waals surface area contributed by atoms with Crippen LogP contribution in [0.15, 0.2) is 53.6 Å². The normalized spacial score (nSPS) is 16.4. The summed E-state index contributed by atoms with van der Waals surface area (Å²) in [6, 6.07) is 8.25. The molecule has 1 aromatic heterocycles. The summed E-state index contributed by atoms with van der Waals surface area (Å²) < 4.78 is 13.5. The van der Waals surface area contributed by atoms with Gasteiger partial charge in [-0.05, 0) is 56.4 Å². The maximum absolute atomic E-state index is 13.5. The first-order valence-electron chi connectivity index (χ1n) is 14.7. The number of rotatable bonds is 9. The van der Waals surface area contributed by atoms with Gasteiger partial charge in [-0.2, -0.15) is 5.26 Å². The van der Waals surface area contributed by atoms with Crippen LogP contribution in [0.1, 0.15) is 43.9 Å². The van der Waals surface area contributed by atoms with Crippen LogP contribution in [0.3, 0.4) is 0 Å². The minimum absolute atomic E-state index is 0.0643. The van der Waals surface area contributed by atoms with E-state index in [4.69, 9.17) is 4.98 Å². The molecule has 2 saturated heterocycles. The number of aliphatic imine (C=N–C) groups is 1. The van der Waals surface area contributed by atoms with Crippen LogP contribution < -0.4 is 10.2 Å². The molecule has 0 aliphatic carbocycles. The minimum atomic E-state index is -0.339. The molecule has 1 amide bonds. The van der Waals surface area contributed by atoms with Crippen molar-refractivity contribution in [2.24, 2.45) is 10.9 Å². The van der Waals surface area contributed by atoms with Crippen molar-refractivity contribution in [2.75, 3.05) is 59.3 Å². The Morgan fingerprint density at radius 1 is 1.16 bits per heavy atom. The van der Waals surface area contributed by atoms with Crippen LogP contribution >= 0.6 is 11.3 Å². The van der Waals surface area contributed by atoms with E-state index in [1.165, 1.54) is 23.5 Å². The number of nitrogens with zero attached hydrogens (tertiary/aromatic N) is 8. The first-order valence-corrected chi connectivity index (χ1v) is 15.6. The predicted molar refractivity (Wildman–Crippen MR) is 170 cm³/mol. The highest BCUT2D eigenvalue weighted by molar-refractivity contribution is 7.16. The van der Waals surface area contributed by atoms with E-state index in [0.717, 1.165) is 69.3 Å². The van der Waals surface area contributed by atoms with Gasteiger partial charge in [0.15, 0.2) is 5.13 Å². The average molecular weight is 608 g/mol. The van der Waals surface area contributed by atoms with Crippen molar-refractivity contribution in [3.63, 3.8) is 0 Å². The molecule has 1 N–H and O–H groups in total. The van der Waals surface area contributed by atoms with Crippen LogP contribution in [0.2, 0.25) is 0 Å². The van der Waals surface area contributed by atoms with Crippen LogP contribution in [-0.2, 0) is 4.79 Å². The summed E-state index contributed by atoms with van der Waals surface area (Å²) >= 11 is 1.28. The van der Waals surface area contributed by atoms with Gasteiger partial charge in [-0.15, -0.1) is 0 Å². The monoisotopic (exact) mass is 607 g/mol. The topological polar surface area (TPSA) is 94.3 Å². The van der Waals surface area contributed by atoms with Crippen LogP contribution in [-0.4, -0.2) is 91.0 Å². The number of hydrogen-bond acceptors (Lipinski definition) is 8. The molecule has 0 bridgehead atoms. The third-order valence-corrected chi connectivity index (χ3v) is 9.22. The Bertz CT molecular complexity index is 1380. The lowest BCUT2D eigenvalue weighted by atomic mass is 9.95. The molecule has 2 fully saturated rings. The number of carbonyl (C=O) groups excluding carboxylic acids is 1. The summed E-state index contributed by atoms with van der Waals surface area (Å²) in [6.07, 6.45) is 6.05. The number of halogens is 1. The molecule has 2 aromatic rings. The van der Waals surface area contributed by atoms with E-state index >= 15 is 0 Å². The first kappa shape index (κ1) is 31.8. The molecule has 12 heteroatoms. The largest absolute Gasteiger partial charge is 0.373 e. The molecule has 0 saturated carbocycles. The Kier molecular flexibility index (Phi) is 10.6. The highest BCUT2D eigenvalue weighted by atomic mass is 32.1. The van der Waals surface area contributed by atoms with E-state index in [0.29, 0.717) is 33.6 Å². The summed E-state index contributed by atoms with van der Waals surface area (Å²) in [6.45, 7) is 9.18. The maximum atomic E-state index is 13.5. The summed E-state index contributed by atoms with van der Waals surface area (Å²) in [5, 5.41) is 17.8. The van der Waals surface area contributed by atoms with E-state index in [1.807, 2.05) is 48.0 Å². The van der Waals surface area contributed by atoms with Crippen molar-refractivity contribution >= 4 is 28.3 Å². The Morgan fingerprint density at radius 3 is 2.37 bits per heavy atom. The van der Waals surface area contributed by atoms with Gasteiger partial charge in [0.05, 0.1) is 5.70 Å². The van der Waals surface area contributed by atoms with Gasteiger partial charge in [-0.25, -0.2) is 14.4 Å². The fourth-order valence-electron chi connectivity index (χ4n) is 5.77. The zero-order valence-electron chi connectivity index (χ0n) is 25.8. The lowest BCUT2D eigenvalue weighted by Crippen LogP contribution is -2.53. The number of aromatic nitrogens is 1. The van der Waals surface area contributed by atoms with Crippen LogP contribution in [0, 0.1) is 23.1 Å². The quantitative estimate of drug-likeness (QED) is 0.250. The number of guanidine groups is 1. The fraction of sp³-hybridized carbons (Fsp3) is 0.484.